The van der Waals surface area contributed by atoms with Crippen LogP contribution in [0.5, 0.6) is 5.75 Å². The molecule has 0 unspecified atom stereocenters. The zero-order valence-electron chi connectivity index (χ0n) is 13.5. The monoisotopic (exact) mass is 372 g/mol. The van der Waals surface area contributed by atoms with Gasteiger partial charge in [-0.1, -0.05) is 18.1 Å². The second kappa shape index (κ2) is 6.57. The average Bonchev–Trinajstić information content (AvgIpc) is 3.45. The molecule has 0 aromatic heterocycles. The first-order valence-corrected chi connectivity index (χ1v) is 7.51. The van der Waals surface area contributed by atoms with Crippen LogP contribution in [0, 0.1) is 12.3 Å². The molecule has 136 valence electrons. The predicted molar refractivity (Wildman–Crippen MR) is 90.1 cm³/mol. The molecule has 1 amide bonds. The van der Waals surface area contributed by atoms with E-state index in [1.165, 1.54) is 30.5 Å². The van der Waals surface area contributed by atoms with E-state index in [1.54, 1.807) is 6.07 Å². The van der Waals surface area contributed by atoms with E-state index in [2.05, 4.69) is 26.7 Å². The Balaban J connectivity index is 1.68. The summed E-state index contributed by atoms with van der Waals surface area (Å²) in [5, 5.41) is 19.6. The highest BCUT2D eigenvalue weighted by Gasteiger charge is 2.65. The first-order chi connectivity index (χ1) is 12.8. The number of phenols is 1. The maximum absolute atomic E-state index is 12.9. The summed E-state index contributed by atoms with van der Waals surface area (Å²) in [5.41, 5.74) is 0.420. The van der Waals surface area contributed by atoms with Crippen molar-refractivity contribution in [2.24, 2.45) is 15.3 Å². The third kappa shape index (κ3) is 3.50. The maximum Gasteiger partial charge on any atom is 0.442 e. The molecule has 0 atom stereocenters. The molecule has 1 aliphatic rings. The molecule has 0 bridgehead atoms. The van der Waals surface area contributed by atoms with Crippen molar-refractivity contribution >= 4 is 12.1 Å². The molecule has 0 radical (unpaired) electrons. The van der Waals surface area contributed by atoms with Crippen LogP contribution >= 0.6 is 0 Å². The van der Waals surface area contributed by atoms with Gasteiger partial charge in [0.05, 0.1) is 6.21 Å². The van der Waals surface area contributed by atoms with Crippen molar-refractivity contribution in [2.75, 3.05) is 0 Å². The lowest BCUT2D eigenvalue weighted by Gasteiger charge is -2.14. The first-order valence-electron chi connectivity index (χ1n) is 7.51. The average molecular weight is 372 g/mol. The molecule has 1 heterocycles. The van der Waals surface area contributed by atoms with E-state index in [0.717, 1.165) is 12.1 Å². The lowest BCUT2D eigenvalue weighted by molar-refractivity contribution is -0.166. The molecule has 3 rings (SSSR count). The van der Waals surface area contributed by atoms with Crippen LogP contribution in [0.1, 0.15) is 27.0 Å². The fraction of sp³-hybridized carbons (Fsp3) is 0.111. The van der Waals surface area contributed by atoms with Crippen molar-refractivity contribution in [2.45, 2.75) is 11.8 Å². The van der Waals surface area contributed by atoms with E-state index in [4.69, 9.17) is 6.42 Å². The third-order valence-electron chi connectivity index (χ3n) is 3.81. The van der Waals surface area contributed by atoms with Crippen LogP contribution in [0.15, 0.2) is 57.8 Å². The van der Waals surface area contributed by atoms with Gasteiger partial charge in [0.2, 0.25) is 0 Å². The SMILES string of the molecule is C#Cc1ccc(O)c(C=NNC(=O)c2ccc(C3(C(F)(F)F)N=N3)cc2)c1. The molecule has 27 heavy (non-hydrogen) atoms. The van der Waals surface area contributed by atoms with Crippen molar-refractivity contribution in [3.8, 4) is 18.1 Å². The van der Waals surface area contributed by atoms with E-state index in [0.29, 0.717) is 11.1 Å². The van der Waals surface area contributed by atoms with E-state index in [9.17, 15) is 23.1 Å². The summed E-state index contributed by atoms with van der Waals surface area (Å²) in [6.45, 7) is 0. The molecule has 9 heteroatoms. The van der Waals surface area contributed by atoms with Crippen LogP contribution < -0.4 is 5.43 Å². The van der Waals surface area contributed by atoms with Gasteiger partial charge in [-0.15, -0.1) is 16.7 Å². The number of halogens is 3. The predicted octanol–water partition coefficient (Wildman–Crippen LogP) is 3.32. The van der Waals surface area contributed by atoms with Crippen molar-refractivity contribution in [3.63, 3.8) is 0 Å². The molecule has 0 spiro atoms. The van der Waals surface area contributed by atoms with Crippen LogP contribution in [0.3, 0.4) is 0 Å². The number of carbonyl (C=O) groups is 1. The zero-order chi connectivity index (χ0) is 19.7. The minimum atomic E-state index is -4.63. The van der Waals surface area contributed by atoms with Crippen LogP contribution in [-0.2, 0) is 5.66 Å². The molecule has 1 aliphatic heterocycles. The maximum atomic E-state index is 12.9. The summed E-state index contributed by atoms with van der Waals surface area (Å²) < 4.78 is 38.8. The second-order valence-electron chi connectivity index (χ2n) is 5.56. The molecular formula is C18H11F3N4O2. The molecule has 0 fully saturated rings. The minimum Gasteiger partial charge on any atom is -0.507 e. The van der Waals surface area contributed by atoms with Crippen LogP contribution in [-0.4, -0.2) is 23.4 Å². The molecule has 0 aliphatic carbocycles. The van der Waals surface area contributed by atoms with E-state index in [1.807, 2.05) is 0 Å². The number of nitrogens with zero attached hydrogens (tertiary/aromatic N) is 3. The summed E-state index contributed by atoms with van der Waals surface area (Å²) in [5.74, 6) is 1.68. The number of aromatic hydroxyl groups is 1. The summed E-state index contributed by atoms with van der Waals surface area (Å²) >= 11 is 0. The number of phenolic OH excluding ortho intramolecular Hbond substituents is 1. The van der Waals surface area contributed by atoms with Gasteiger partial charge in [0.25, 0.3) is 5.91 Å². The molecule has 6 nitrogen and oxygen atoms in total. The Hall–Kier alpha value is -3.67. The van der Waals surface area contributed by atoms with Crippen molar-refractivity contribution < 1.29 is 23.1 Å². The molecule has 2 aromatic rings. The summed E-state index contributed by atoms with van der Waals surface area (Å²) in [7, 11) is 0. The van der Waals surface area contributed by atoms with Crippen molar-refractivity contribution in [1.82, 2.24) is 5.43 Å². The van der Waals surface area contributed by atoms with Gasteiger partial charge in [-0.05, 0) is 30.3 Å². The topological polar surface area (TPSA) is 86.4 Å². The number of hydrogen-bond acceptors (Lipinski definition) is 5. The van der Waals surface area contributed by atoms with Gasteiger partial charge < -0.3 is 5.11 Å². The quantitative estimate of drug-likeness (QED) is 0.490. The molecular weight excluding hydrogens is 361 g/mol. The number of hydrogen-bond donors (Lipinski definition) is 2. The lowest BCUT2D eigenvalue weighted by Crippen LogP contribution is -2.30. The first kappa shape index (κ1) is 18.1. The number of benzene rings is 2. The smallest absolute Gasteiger partial charge is 0.442 e. The highest BCUT2D eigenvalue weighted by molar-refractivity contribution is 5.95. The van der Waals surface area contributed by atoms with Gasteiger partial charge in [-0.2, -0.15) is 18.3 Å². The fourth-order valence-electron chi connectivity index (χ4n) is 2.27. The zero-order valence-corrected chi connectivity index (χ0v) is 13.5. The van der Waals surface area contributed by atoms with E-state index < -0.39 is 17.7 Å². The highest BCUT2D eigenvalue weighted by atomic mass is 19.4. The highest BCUT2D eigenvalue weighted by Crippen LogP contribution is 2.52. The van der Waals surface area contributed by atoms with Gasteiger partial charge in [0, 0.05) is 22.3 Å². The Morgan fingerprint density at radius 3 is 2.44 bits per heavy atom. The molecule has 2 aromatic carbocycles. The summed E-state index contributed by atoms with van der Waals surface area (Å²) in [4.78, 5) is 12.0. The minimum absolute atomic E-state index is 0.0780. The number of nitrogens with one attached hydrogen (secondary N) is 1. The van der Waals surface area contributed by atoms with Gasteiger partial charge in [0.1, 0.15) is 5.75 Å². The van der Waals surface area contributed by atoms with E-state index >= 15 is 0 Å². The Bertz CT molecular complexity index is 983. The number of hydrazone groups is 1. The Morgan fingerprint density at radius 2 is 1.89 bits per heavy atom. The molecule has 0 saturated heterocycles. The second-order valence-corrected chi connectivity index (χ2v) is 5.56. The number of amides is 1. The Kier molecular flexibility index (Phi) is 4.41. The van der Waals surface area contributed by atoms with Crippen LogP contribution in [0.25, 0.3) is 0 Å². The third-order valence-corrected chi connectivity index (χ3v) is 3.81. The Labute approximate surface area is 151 Å². The van der Waals surface area contributed by atoms with Gasteiger partial charge in [-0.25, -0.2) is 5.43 Å². The number of carbonyl (C=O) groups excluding carboxylic acids is 1. The van der Waals surface area contributed by atoms with E-state index in [-0.39, 0.29) is 16.9 Å². The molecule has 0 saturated carbocycles. The van der Waals surface area contributed by atoms with Crippen molar-refractivity contribution in [1.29, 1.82) is 0 Å². The largest absolute Gasteiger partial charge is 0.507 e. The normalized spacial score (nSPS) is 14.7. The Morgan fingerprint density at radius 1 is 1.22 bits per heavy atom. The number of terminal acetylenes is 1. The lowest BCUT2D eigenvalue weighted by atomic mass is 10.0. The summed E-state index contributed by atoms with van der Waals surface area (Å²) in [6, 6.07) is 9.13. The summed E-state index contributed by atoms with van der Waals surface area (Å²) in [6.07, 6.45) is 1.83. The van der Waals surface area contributed by atoms with Crippen LogP contribution in [0.4, 0.5) is 13.2 Å². The van der Waals surface area contributed by atoms with Gasteiger partial charge >= 0.3 is 11.8 Å². The van der Waals surface area contributed by atoms with Gasteiger partial charge in [-0.3, -0.25) is 4.79 Å². The number of rotatable bonds is 4. The molecule has 2 N–H and O–H groups in total. The van der Waals surface area contributed by atoms with Crippen LogP contribution in [0.2, 0.25) is 0 Å². The van der Waals surface area contributed by atoms with Gasteiger partial charge in [0.15, 0.2) is 0 Å². The number of alkyl halides is 3. The standard InChI is InChI=1S/C18H11F3N4O2/c1-2-11-3-8-15(26)13(9-11)10-22-23-16(27)12-4-6-14(7-5-12)17(24-25-17)18(19,20)21/h1,3-10,26H,(H,23,27). The van der Waals surface area contributed by atoms with Crippen molar-refractivity contribution in [3.05, 3.63) is 64.7 Å². The fourth-order valence-corrected chi connectivity index (χ4v) is 2.27.